The second-order valence-corrected chi connectivity index (χ2v) is 4.86. The average Bonchev–Trinajstić information content (AvgIpc) is 2.40. The topological polar surface area (TPSA) is 9.23 Å². The van der Waals surface area contributed by atoms with Crippen LogP contribution < -0.4 is 0 Å². The molecule has 1 atom stereocenters. The molecule has 1 aromatic rings. The van der Waals surface area contributed by atoms with Crippen molar-refractivity contribution in [1.82, 2.24) is 0 Å². The third-order valence-electron chi connectivity index (χ3n) is 4.32. The van der Waals surface area contributed by atoms with Gasteiger partial charge in [0.1, 0.15) is 0 Å². The molecule has 0 bridgehead atoms. The standard InChI is InChI=1S/C16H26O/c1-5-16(6-2,7-3)14(4)17-13-15-11-9-8-10-12-15/h8-12,14H,5-7,13H2,1-4H3. The first-order valence-corrected chi connectivity index (χ1v) is 6.84. The van der Waals surface area contributed by atoms with Crippen molar-refractivity contribution in [2.45, 2.75) is 59.7 Å². The number of ether oxygens (including phenoxy) is 1. The third kappa shape index (κ3) is 3.57. The second-order valence-electron chi connectivity index (χ2n) is 4.86. The second kappa shape index (κ2) is 6.80. The quantitative estimate of drug-likeness (QED) is 0.658. The molecule has 0 saturated heterocycles. The van der Waals surface area contributed by atoms with E-state index in [4.69, 9.17) is 4.74 Å². The summed E-state index contributed by atoms with van der Waals surface area (Å²) in [6.07, 6.45) is 3.89. The van der Waals surface area contributed by atoms with E-state index in [-0.39, 0.29) is 0 Å². The molecule has 1 rings (SSSR count). The lowest BCUT2D eigenvalue weighted by Crippen LogP contribution is -2.33. The van der Waals surface area contributed by atoms with Gasteiger partial charge in [-0.25, -0.2) is 0 Å². The summed E-state index contributed by atoms with van der Waals surface area (Å²) in [7, 11) is 0. The van der Waals surface area contributed by atoms with Gasteiger partial charge in [0.2, 0.25) is 0 Å². The zero-order valence-electron chi connectivity index (χ0n) is 11.7. The molecule has 17 heavy (non-hydrogen) atoms. The van der Waals surface area contributed by atoms with Crippen LogP contribution in [0.2, 0.25) is 0 Å². The Hall–Kier alpha value is -0.820. The summed E-state index contributed by atoms with van der Waals surface area (Å²) in [4.78, 5) is 0. The first-order chi connectivity index (χ1) is 8.18. The number of benzene rings is 1. The van der Waals surface area contributed by atoms with Gasteiger partial charge in [0.15, 0.2) is 0 Å². The van der Waals surface area contributed by atoms with Crippen molar-refractivity contribution in [2.75, 3.05) is 0 Å². The molecule has 1 aromatic carbocycles. The van der Waals surface area contributed by atoms with E-state index < -0.39 is 0 Å². The Bertz CT molecular complexity index is 292. The van der Waals surface area contributed by atoms with E-state index >= 15 is 0 Å². The van der Waals surface area contributed by atoms with E-state index in [1.807, 2.05) is 6.07 Å². The maximum absolute atomic E-state index is 6.07. The lowest BCUT2D eigenvalue weighted by molar-refractivity contribution is -0.0461. The van der Waals surface area contributed by atoms with Crippen LogP contribution in [0.3, 0.4) is 0 Å². The van der Waals surface area contributed by atoms with E-state index in [2.05, 4.69) is 52.0 Å². The van der Waals surface area contributed by atoms with Gasteiger partial charge in [-0.05, 0) is 37.2 Å². The summed E-state index contributed by atoms with van der Waals surface area (Å²) in [6, 6.07) is 10.4. The fourth-order valence-electron chi connectivity index (χ4n) is 2.58. The van der Waals surface area contributed by atoms with Gasteiger partial charge in [0.25, 0.3) is 0 Å². The highest BCUT2D eigenvalue weighted by molar-refractivity contribution is 5.13. The predicted molar refractivity (Wildman–Crippen MR) is 74.0 cm³/mol. The van der Waals surface area contributed by atoms with Crippen LogP contribution in [0.25, 0.3) is 0 Å². The Morgan fingerprint density at radius 1 is 1.00 bits per heavy atom. The number of hydrogen-bond acceptors (Lipinski definition) is 1. The molecule has 0 aliphatic carbocycles. The van der Waals surface area contributed by atoms with E-state index in [0.29, 0.717) is 11.5 Å². The molecule has 96 valence electrons. The third-order valence-corrected chi connectivity index (χ3v) is 4.32. The summed E-state index contributed by atoms with van der Waals surface area (Å²) >= 11 is 0. The van der Waals surface area contributed by atoms with Crippen LogP contribution in [-0.4, -0.2) is 6.10 Å². The Morgan fingerprint density at radius 3 is 2.00 bits per heavy atom. The van der Waals surface area contributed by atoms with Gasteiger partial charge >= 0.3 is 0 Å². The minimum Gasteiger partial charge on any atom is -0.373 e. The fraction of sp³-hybridized carbons (Fsp3) is 0.625. The molecule has 0 saturated carbocycles. The molecular formula is C16H26O. The molecule has 0 radical (unpaired) electrons. The van der Waals surface area contributed by atoms with Crippen LogP contribution >= 0.6 is 0 Å². The molecular weight excluding hydrogens is 208 g/mol. The number of hydrogen-bond donors (Lipinski definition) is 0. The van der Waals surface area contributed by atoms with Crippen molar-refractivity contribution in [2.24, 2.45) is 5.41 Å². The smallest absolute Gasteiger partial charge is 0.0720 e. The number of rotatable bonds is 7. The van der Waals surface area contributed by atoms with Crippen LogP contribution in [0.5, 0.6) is 0 Å². The van der Waals surface area contributed by atoms with Crippen LogP contribution in [0.4, 0.5) is 0 Å². The summed E-state index contributed by atoms with van der Waals surface area (Å²) < 4.78 is 6.07. The van der Waals surface area contributed by atoms with Gasteiger partial charge in [-0.15, -0.1) is 0 Å². The zero-order chi connectivity index (χ0) is 12.7. The largest absolute Gasteiger partial charge is 0.373 e. The Balaban J connectivity index is 2.56. The Morgan fingerprint density at radius 2 is 1.53 bits per heavy atom. The maximum Gasteiger partial charge on any atom is 0.0720 e. The van der Waals surface area contributed by atoms with E-state index in [1.165, 1.54) is 24.8 Å². The molecule has 0 heterocycles. The Labute approximate surface area is 106 Å². The van der Waals surface area contributed by atoms with E-state index in [0.717, 1.165) is 6.61 Å². The lowest BCUT2D eigenvalue weighted by atomic mass is 9.75. The fourth-order valence-corrected chi connectivity index (χ4v) is 2.58. The molecule has 0 amide bonds. The van der Waals surface area contributed by atoms with Crippen LogP contribution in [0, 0.1) is 5.41 Å². The molecule has 0 aromatic heterocycles. The van der Waals surface area contributed by atoms with Gasteiger partial charge in [-0.2, -0.15) is 0 Å². The van der Waals surface area contributed by atoms with Crippen LogP contribution in [0.15, 0.2) is 30.3 Å². The maximum atomic E-state index is 6.07. The molecule has 0 aliphatic heterocycles. The molecule has 0 aliphatic rings. The van der Waals surface area contributed by atoms with Gasteiger partial charge < -0.3 is 4.74 Å². The van der Waals surface area contributed by atoms with Gasteiger partial charge in [0, 0.05) is 0 Å². The van der Waals surface area contributed by atoms with Gasteiger partial charge in [0.05, 0.1) is 12.7 Å². The Kier molecular flexibility index (Phi) is 5.70. The molecule has 1 heteroatoms. The van der Waals surface area contributed by atoms with Crippen LogP contribution in [-0.2, 0) is 11.3 Å². The first kappa shape index (κ1) is 14.2. The average molecular weight is 234 g/mol. The SMILES string of the molecule is CCC(CC)(CC)C(C)OCc1ccccc1. The van der Waals surface area contributed by atoms with Gasteiger partial charge in [-0.1, -0.05) is 51.1 Å². The summed E-state index contributed by atoms with van der Waals surface area (Å²) in [5.74, 6) is 0. The first-order valence-electron chi connectivity index (χ1n) is 6.84. The minimum absolute atomic E-state index is 0.322. The predicted octanol–water partition coefficient (Wildman–Crippen LogP) is 4.81. The van der Waals surface area contributed by atoms with Crippen molar-refractivity contribution < 1.29 is 4.74 Å². The zero-order valence-corrected chi connectivity index (χ0v) is 11.7. The highest BCUT2D eigenvalue weighted by atomic mass is 16.5. The van der Waals surface area contributed by atoms with Crippen molar-refractivity contribution in [3.8, 4) is 0 Å². The lowest BCUT2D eigenvalue weighted by Gasteiger charge is -2.36. The molecule has 0 fully saturated rings. The van der Waals surface area contributed by atoms with Crippen molar-refractivity contribution >= 4 is 0 Å². The normalized spacial score (nSPS) is 13.6. The minimum atomic E-state index is 0.322. The monoisotopic (exact) mass is 234 g/mol. The van der Waals surface area contributed by atoms with Crippen LogP contribution in [0.1, 0.15) is 52.5 Å². The summed E-state index contributed by atoms with van der Waals surface area (Å²) in [5, 5.41) is 0. The summed E-state index contributed by atoms with van der Waals surface area (Å²) in [6.45, 7) is 9.77. The summed E-state index contributed by atoms with van der Waals surface area (Å²) in [5.41, 5.74) is 1.60. The molecule has 0 spiro atoms. The van der Waals surface area contributed by atoms with Crippen molar-refractivity contribution in [1.29, 1.82) is 0 Å². The highest BCUT2D eigenvalue weighted by Gasteiger charge is 2.31. The molecule has 1 unspecified atom stereocenters. The van der Waals surface area contributed by atoms with E-state index in [1.54, 1.807) is 0 Å². The van der Waals surface area contributed by atoms with Gasteiger partial charge in [-0.3, -0.25) is 0 Å². The van der Waals surface area contributed by atoms with E-state index in [9.17, 15) is 0 Å². The van der Waals surface area contributed by atoms with Crippen molar-refractivity contribution in [3.05, 3.63) is 35.9 Å². The molecule has 1 nitrogen and oxygen atoms in total. The molecule has 0 N–H and O–H groups in total. The van der Waals surface area contributed by atoms with Crippen molar-refractivity contribution in [3.63, 3.8) is 0 Å². The highest BCUT2D eigenvalue weighted by Crippen LogP contribution is 2.36.